The number of carboxylic acids is 1. The highest BCUT2D eigenvalue weighted by molar-refractivity contribution is 5.89. The van der Waals surface area contributed by atoms with Crippen LogP contribution in [-0.2, 0) is 0 Å². The molecule has 0 saturated carbocycles. The molecule has 0 bridgehead atoms. The Hall–Kier alpha value is -2.94. The minimum Gasteiger partial charge on any atom is -0.478 e. The van der Waals surface area contributed by atoms with Gasteiger partial charge in [-0.3, -0.25) is 0 Å². The zero-order chi connectivity index (χ0) is 14.7. The number of rotatable bonds is 3. The quantitative estimate of drug-likeness (QED) is 0.896. The van der Waals surface area contributed by atoms with Crippen molar-refractivity contribution in [3.63, 3.8) is 0 Å². The van der Waals surface area contributed by atoms with E-state index < -0.39 is 11.8 Å². The maximum atomic E-state index is 13.2. The number of aromatic nitrogens is 1. The summed E-state index contributed by atoms with van der Waals surface area (Å²) in [6.45, 7) is 1.58. The van der Waals surface area contributed by atoms with Crippen molar-refractivity contribution in [1.29, 1.82) is 5.26 Å². The maximum Gasteiger partial charge on any atom is 0.337 e. The number of nitrogens with one attached hydrogen (secondary N) is 1. The van der Waals surface area contributed by atoms with Gasteiger partial charge in [0.1, 0.15) is 17.7 Å². The molecule has 2 rings (SSSR count). The Bertz CT molecular complexity index is 723. The van der Waals surface area contributed by atoms with Gasteiger partial charge in [0, 0.05) is 5.69 Å². The van der Waals surface area contributed by atoms with Crippen LogP contribution in [0.3, 0.4) is 0 Å². The average molecular weight is 271 g/mol. The number of benzene rings is 1. The van der Waals surface area contributed by atoms with Crippen molar-refractivity contribution in [2.24, 2.45) is 0 Å². The summed E-state index contributed by atoms with van der Waals surface area (Å²) in [5, 5.41) is 20.5. The molecule has 1 aromatic heterocycles. The molecule has 2 aromatic rings. The van der Waals surface area contributed by atoms with Crippen molar-refractivity contribution in [3.8, 4) is 6.07 Å². The highest BCUT2D eigenvalue weighted by Crippen LogP contribution is 2.19. The number of nitriles is 1. The third-order valence-corrected chi connectivity index (χ3v) is 2.68. The number of nitrogens with zero attached hydrogens (tertiary/aromatic N) is 2. The molecule has 0 fully saturated rings. The first-order chi connectivity index (χ1) is 9.51. The average Bonchev–Trinajstić information content (AvgIpc) is 2.40. The first kappa shape index (κ1) is 13.5. The van der Waals surface area contributed by atoms with Gasteiger partial charge in [-0.15, -0.1) is 0 Å². The molecule has 0 aliphatic rings. The SMILES string of the molecule is Cc1nc(Nc2ccc(F)c(C#N)c2)ccc1C(=O)O. The second kappa shape index (κ2) is 5.36. The number of aryl methyl sites for hydroxylation is 1. The molecule has 0 saturated heterocycles. The van der Waals surface area contributed by atoms with E-state index in [9.17, 15) is 9.18 Å². The Labute approximate surface area is 114 Å². The van der Waals surface area contributed by atoms with Crippen LogP contribution in [0.5, 0.6) is 0 Å². The summed E-state index contributed by atoms with van der Waals surface area (Å²) in [5.41, 5.74) is 0.907. The third kappa shape index (κ3) is 2.72. The summed E-state index contributed by atoms with van der Waals surface area (Å²) in [6.07, 6.45) is 0. The summed E-state index contributed by atoms with van der Waals surface area (Å²) >= 11 is 0. The number of anilines is 2. The van der Waals surface area contributed by atoms with Gasteiger partial charge < -0.3 is 10.4 Å². The molecular weight excluding hydrogens is 261 g/mol. The van der Waals surface area contributed by atoms with Crippen LogP contribution in [0.25, 0.3) is 0 Å². The van der Waals surface area contributed by atoms with Crippen molar-refractivity contribution in [1.82, 2.24) is 4.98 Å². The lowest BCUT2D eigenvalue weighted by Crippen LogP contribution is -2.03. The second-order valence-electron chi connectivity index (χ2n) is 4.07. The highest BCUT2D eigenvalue weighted by Gasteiger charge is 2.09. The topological polar surface area (TPSA) is 86.0 Å². The van der Waals surface area contributed by atoms with E-state index in [-0.39, 0.29) is 11.1 Å². The van der Waals surface area contributed by atoms with Crippen molar-refractivity contribution < 1.29 is 14.3 Å². The number of hydrogen-bond donors (Lipinski definition) is 2. The molecule has 1 aromatic carbocycles. The van der Waals surface area contributed by atoms with Gasteiger partial charge in [-0.05, 0) is 37.3 Å². The maximum absolute atomic E-state index is 13.2. The molecular formula is C14H10FN3O2. The zero-order valence-electron chi connectivity index (χ0n) is 10.5. The fraction of sp³-hybridized carbons (Fsp3) is 0.0714. The second-order valence-corrected chi connectivity index (χ2v) is 4.07. The van der Waals surface area contributed by atoms with Gasteiger partial charge in [0.05, 0.1) is 16.8 Å². The van der Waals surface area contributed by atoms with E-state index in [2.05, 4.69) is 10.3 Å². The van der Waals surface area contributed by atoms with Crippen LogP contribution >= 0.6 is 0 Å². The minimum atomic E-state index is -1.05. The first-order valence-electron chi connectivity index (χ1n) is 5.69. The number of halogens is 1. The smallest absolute Gasteiger partial charge is 0.337 e. The molecule has 5 nitrogen and oxygen atoms in total. The monoisotopic (exact) mass is 271 g/mol. The van der Waals surface area contributed by atoms with E-state index in [4.69, 9.17) is 10.4 Å². The molecule has 2 N–H and O–H groups in total. The summed E-state index contributed by atoms with van der Waals surface area (Å²) in [5.74, 6) is -1.22. The van der Waals surface area contributed by atoms with Gasteiger partial charge in [-0.2, -0.15) is 5.26 Å². The van der Waals surface area contributed by atoms with E-state index in [0.717, 1.165) is 0 Å². The summed E-state index contributed by atoms with van der Waals surface area (Å²) < 4.78 is 13.2. The first-order valence-corrected chi connectivity index (χ1v) is 5.69. The van der Waals surface area contributed by atoms with Crippen molar-refractivity contribution in [2.45, 2.75) is 6.92 Å². The van der Waals surface area contributed by atoms with E-state index in [1.807, 2.05) is 0 Å². The standard InChI is InChI=1S/C14H10FN3O2/c1-8-11(14(19)20)3-5-13(17-8)18-10-2-4-12(15)9(6-10)7-16/h2-6H,1H3,(H,17,18)(H,19,20). The molecule has 0 spiro atoms. The van der Waals surface area contributed by atoms with Crippen LogP contribution in [0.1, 0.15) is 21.6 Å². The van der Waals surface area contributed by atoms with E-state index in [1.165, 1.54) is 30.3 Å². The molecule has 100 valence electrons. The summed E-state index contributed by atoms with van der Waals surface area (Å²) in [7, 11) is 0. The third-order valence-electron chi connectivity index (χ3n) is 2.68. The predicted octanol–water partition coefficient (Wildman–Crippen LogP) is 2.84. The number of carboxylic acid groups (broad SMARTS) is 1. The van der Waals surface area contributed by atoms with Crippen molar-refractivity contribution >= 4 is 17.5 Å². The van der Waals surface area contributed by atoms with Crippen LogP contribution in [0.2, 0.25) is 0 Å². The van der Waals surface area contributed by atoms with Gasteiger partial charge in [0.25, 0.3) is 0 Å². The van der Waals surface area contributed by atoms with Crippen LogP contribution in [0.15, 0.2) is 30.3 Å². The lowest BCUT2D eigenvalue weighted by Gasteiger charge is -2.08. The van der Waals surface area contributed by atoms with E-state index in [1.54, 1.807) is 13.0 Å². The molecule has 0 unspecified atom stereocenters. The Morgan fingerprint density at radius 1 is 1.40 bits per heavy atom. The fourth-order valence-electron chi connectivity index (χ4n) is 1.69. The summed E-state index contributed by atoms with van der Waals surface area (Å²) in [6, 6.07) is 8.69. The van der Waals surface area contributed by atoms with Gasteiger partial charge in [0.15, 0.2) is 0 Å². The van der Waals surface area contributed by atoms with Crippen molar-refractivity contribution in [3.05, 3.63) is 53.0 Å². The molecule has 0 aliphatic carbocycles. The number of aromatic carboxylic acids is 1. The largest absolute Gasteiger partial charge is 0.478 e. The highest BCUT2D eigenvalue weighted by atomic mass is 19.1. The van der Waals surface area contributed by atoms with Crippen LogP contribution in [0, 0.1) is 24.1 Å². The van der Waals surface area contributed by atoms with Crippen molar-refractivity contribution in [2.75, 3.05) is 5.32 Å². The lowest BCUT2D eigenvalue weighted by atomic mass is 10.2. The fourth-order valence-corrected chi connectivity index (χ4v) is 1.69. The van der Waals surface area contributed by atoms with E-state index >= 15 is 0 Å². The van der Waals surface area contributed by atoms with Gasteiger partial charge in [0.2, 0.25) is 0 Å². The van der Waals surface area contributed by atoms with Gasteiger partial charge in [-0.1, -0.05) is 0 Å². The number of hydrogen-bond acceptors (Lipinski definition) is 4. The molecule has 0 amide bonds. The minimum absolute atomic E-state index is 0.0751. The van der Waals surface area contributed by atoms with Gasteiger partial charge in [-0.25, -0.2) is 14.2 Å². The molecule has 0 atom stereocenters. The van der Waals surface area contributed by atoms with Crippen LogP contribution in [0.4, 0.5) is 15.9 Å². The Morgan fingerprint density at radius 2 is 2.15 bits per heavy atom. The number of pyridine rings is 1. The Balaban J connectivity index is 2.29. The predicted molar refractivity (Wildman–Crippen MR) is 70.3 cm³/mol. The Kier molecular flexibility index (Phi) is 3.62. The zero-order valence-corrected chi connectivity index (χ0v) is 10.5. The Morgan fingerprint density at radius 3 is 2.75 bits per heavy atom. The van der Waals surface area contributed by atoms with Crippen LogP contribution < -0.4 is 5.32 Å². The lowest BCUT2D eigenvalue weighted by molar-refractivity contribution is 0.0695. The van der Waals surface area contributed by atoms with E-state index in [0.29, 0.717) is 17.2 Å². The molecule has 0 aliphatic heterocycles. The molecule has 6 heteroatoms. The number of carbonyl (C=O) groups is 1. The molecule has 0 radical (unpaired) electrons. The molecule has 1 heterocycles. The van der Waals surface area contributed by atoms with Crippen LogP contribution in [-0.4, -0.2) is 16.1 Å². The summed E-state index contributed by atoms with van der Waals surface area (Å²) in [4.78, 5) is 15.0. The normalized spacial score (nSPS) is 9.85. The van der Waals surface area contributed by atoms with Gasteiger partial charge >= 0.3 is 5.97 Å². The molecule has 20 heavy (non-hydrogen) atoms.